The molecule has 0 bridgehead atoms. The topological polar surface area (TPSA) is 136 Å². The Morgan fingerprint density at radius 1 is 1.14 bits per heavy atom. The lowest BCUT2D eigenvalue weighted by atomic mass is 9.71. The summed E-state index contributed by atoms with van der Waals surface area (Å²) < 4.78 is 5.47. The van der Waals surface area contributed by atoms with E-state index in [1.54, 1.807) is 37.8 Å². The molecule has 3 rings (SSSR count). The second kappa shape index (κ2) is 11.1. The summed E-state index contributed by atoms with van der Waals surface area (Å²) in [5, 5.41) is 21.8. The first-order valence-electron chi connectivity index (χ1n) is 12.0. The van der Waals surface area contributed by atoms with Crippen molar-refractivity contribution in [2.45, 2.75) is 69.7 Å². The maximum Gasteiger partial charge on any atom is 0.411 e. The third-order valence-electron chi connectivity index (χ3n) is 6.52. The van der Waals surface area contributed by atoms with Crippen molar-refractivity contribution in [2.75, 3.05) is 24.7 Å². The molecule has 0 spiro atoms. The highest BCUT2D eigenvalue weighted by atomic mass is 32.2. The minimum absolute atomic E-state index is 0.194. The van der Waals surface area contributed by atoms with Gasteiger partial charge in [0.05, 0.1) is 17.4 Å². The maximum absolute atomic E-state index is 13.5. The van der Waals surface area contributed by atoms with Crippen LogP contribution in [0.3, 0.4) is 0 Å². The molecule has 2 saturated heterocycles. The number of hydrogen-bond donors (Lipinski definition) is 3. The number of rotatable bonds is 6. The molecule has 0 aromatic heterocycles. The van der Waals surface area contributed by atoms with Crippen LogP contribution in [-0.2, 0) is 24.5 Å². The molecule has 0 radical (unpaired) electrons. The third-order valence-corrected chi connectivity index (χ3v) is 7.53. The molecular formula is C25H35N3O7S. The number of ether oxygens (including phenoxy) is 1. The van der Waals surface area contributed by atoms with Crippen molar-refractivity contribution in [2.24, 2.45) is 0 Å². The lowest BCUT2D eigenvalue weighted by Gasteiger charge is -2.42. The first-order valence-corrected chi connectivity index (χ1v) is 13.1. The number of aliphatic carboxylic acids is 1. The summed E-state index contributed by atoms with van der Waals surface area (Å²) in [6, 6.07) is 6.97. The molecule has 2 heterocycles. The van der Waals surface area contributed by atoms with Crippen LogP contribution in [0.1, 0.15) is 46.1 Å². The van der Waals surface area contributed by atoms with Gasteiger partial charge in [-0.1, -0.05) is 30.3 Å². The van der Waals surface area contributed by atoms with Gasteiger partial charge in [0.1, 0.15) is 11.6 Å². The van der Waals surface area contributed by atoms with Crippen molar-refractivity contribution >= 4 is 35.6 Å². The Kier molecular flexibility index (Phi) is 8.55. The van der Waals surface area contributed by atoms with E-state index in [1.807, 2.05) is 18.2 Å². The summed E-state index contributed by atoms with van der Waals surface area (Å²) >= 11 is 1.48. The van der Waals surface area contributed by atoms with Crippen LogP contribution in [0.4, 0.5) is 4.79 Å². The number of hydrogen-bond acceptors (Lipinski definition) is 7. The number of piperidine rings is 1. The Morgan fingerprint density at radius 2 is 1.75 bits per heavy atom. The van der Waals surface area contributed by atoms with Crippen LogP contribution in [-0.4, -0.2) is 92.4 Å². The van der Waals surface area contributed by atoms with Gasteiger partial charge in [0.25, 0.3) is 0 Å². The Bertz CT molecular complexity index is 972. The van der Waals surface area contributed by atoms with Crippen LogP contribution < -0.4 is 5.32 Å². The molecule has 1 aromatic carbocycles. The van der Waals surface area contributed by atoms with E-state index in [0.29, 0.717) is 11.6 Å². The van der Waals surface area contributed by atoms with Gasteiger partial charge in [-0.3, -0.25) is 14.5 Å². The SMILES string of the molecule is C[C@H](O)[C@H](NC(=O)C1(c2ccccc2)CCN(C(=O)[C@@H]2CSCN2C(=O)OC(C)(C)C)CC1)C(=O)O. The van der Waals surface area contributed by atoms with E-state index in [1.165, 1.54) is 23.6 Å². The average molecular weight is 522 g/mol. The highest BCUT2D eigenvalue weighted by molar-refractivity contribution is 7.99. The number of benzene rings is 1. The molecule has 0 unspecified atom stereocenters. The molecule has 3 N–H and O–H groups in total. The average Bonchev–Trinajstić information content (AvgIpc) is 3.31. The number of nitrogens with one attached hydrogen (secondary N) is 1. The van der Waals surface area contributed by atoms with Gasteiger partial charge in [-0.15, -0.1) is 11.8 Å². The number of aliphatic hydroxyl groups is 1. The predicted molar refractivity (Wildman–Crippen MR) is 134 cm³/mol. The summed E-state index contributed by atoms with van der Waals surface area (Å²) in [5.74, 6) is -1.18. The van der Waals surface area contributed by atoms with Gasteiger partial charge < -0.3 is 25.2 Å². The zero-order valence-electron chi connectivity index (χ0n) is 21.1. The van der Waals surface area contributed by atoms with Crippen LogP contribution in [0, 0.1) is 0 Å². The van der Waals surface area contributed by atoms with Crippen LogP contribution in [0.5, 0.6) is 0 Å². The van der Waals surface area contributed by atoms with E-state index in [0.717, 1.165) is 5.56 Å². The van der Waals surface area contributed by atoms with E-state index in [2.05, 4.69) is 5.32 Å². The lowest BCUT2D eigenvalue weighted by molar-refractivity contribution is -0.146. The summed E-state index contributed by atoms with van der Waals surface area (Å²) in [6.07, 6.45) is -1.27. The number of thioether (sulfide) groups is 1. The first kappa shape index (κ1) is 27.8. The minimum atomic E-state index is -1.45. The first-order chi connectivity index (χ1) is 16.9. The zero-order valence-corrected chi connectivity index (χ0v) is 21.9. The minimum Gasteiger partial charge on any atom is -0.480 e. The zero-order chi connectivity index (χ0) is 26.7. The van der Waals surface area contributed by atoms with Gasteiger partial charge >= 0.3 is 12.1 Å². The van der Waals surface area contributed by atoms with Crippen molar-refractivity contribution in [3.05, 3.63) is 35.9 Å². The molecule has 0 saturated carbocycles. The Morgan fingerprint density at radius 3 is 2.28 bits per heavy atom. The fourth-order valence-electron chi connectivity index (χ4n) is 4.54. The summed E-state index contributed by atoms with van der Waals surface area (Å²) in [6.45, 7) is 7.15. The molecule has 2 aliphatic rings. The predicted octanol–water partition coefficient (Wildman–Crippen LogP) is 1.81. The number of carbonyl (C=O) groups excluding carboxylic acids is 3. The fourth-order valence-corrected chi connectivity index (χ4v) is 5.67. The molecule has 11 heteroatoms. The molecule has 1 aromatic rings. The largest absolute Gasteiger partial charge is 0.480 e. The molecule has 3 amide bonds. The van der Waals surface area contributed by atoms with Gasteiger partial charge in [-0.25, -0.2) is 9.59 Å². The lowest BCUT2D eigenvalue weighted by Crippen LogP contribution is -2.59. The van der Waals surface area contributed by atoms with Gasteiger partial charge in [-0.2, -0.15) is 0 Å². The molecular weight excluding hydrogens is 486 g/mol. The van der Waals surface area contributed by atoms with E-state index in [4.69, 9.17) is 4.74 Å². The molecule has 2 fully saturated rings. The summed E-state index contributed by atoms with van der Waals surface area (Å²) in [4.78, 5) is 54.2. The van der Waals surface area contributed by atoms with Crippen molar-refractivity contribution in [3.8, 4) is 0 Å². The fraction of sp³-hybridized carbons (Fsp3) is 0.600. The van der Waals surface area contributed by atoms with E-state index >= 15 is 0 Å². The van der Waals surface area contributed by atoms with Crippen LogP contribution in [0.15, 0.2) is 30.3 Å². The van der Waals surface area contributed by atoms with Gasteiger partial charge in [0, 0.05) is 18.8 Å². The van der Waals surface area contributed by atoms with Crippen LogP contribution in [0.2, 0.25) is 0 Å². The highest BCUT2D eigenvalue weighted by Gasteiger charge is 2.47. The Labute approximate surface area is 215 Å². The number of carbonyl (C=O) groups is 4. The summed E-state index contributed by atoms with van der Waals surface area (Å²) in [7, 11) is 0. The second-order valence-corrected chi connectivity index (χ2v) is 11.3. The number of carboxylic acids is 1. The van der Waals surface area contributed by atoms with Crippen molar-refractivity contribution < 1.29 is 34.1 Å². The highest BCUT2D eigenvalue weighted by Crippen LogP contribution is 2.37. The van der Waals surface area contributed by atoms with E-state index < -0.39 is 47.2 Å². The Balaban J connectivity index is 1.77. The van der Waals surface area contributed by atoms with E-state index in [-0.39, 0.29) is 31.8 Å². The standard InChI is InChI=1S/C25H35N3O7S/c1-16(29)19(21(31)32)26-22(33)25(17-8-6-5-7-9-17)10-12-27(13-11-25)20(30)18-14-36-15-28(18)23(34)35-24(2,3)4/h5-9,16,18-19,29H,10-15H2,1-4H3,(H,26,33)(H,31,32)/t16-,18-,19-/m0/s1. The third kappa shape index (κ3) is 6.12. The number of carboxylic acid groups (broad SMARTS) is 1. The molecule has 2 aliphatic heterocycles. The molecule has 198 valence electrons. The molecule has 10 nitrogen and oxygen atoms in total. The van der Waals surface area contributed by atoms with Crippen LogP contribution in [0.25, 0.3) is 0 Å². The van der Waals surface area contributed by atoms with Crippen molar-refractivity contribution in [1.29, 1.82) is 0 Å². The van der Waals surface area contributed by atoms with Gasteiger partial charge in [0.2, 0.25) is 11.8 Å². The van der Waals surface area contributed by atoms with Crippen LogP contribution >= 0.6 is 11.8 Å². The molecule has 0 aliphatic carbocycles. The molecule has 3 atom stereocenters. The molecule has 36 heavy (non-hydrogen) atoms. The maximum atomic E-state index is 13.5. The Hall–Kier alpha value is -2.79. The number of nitrogens with zero attached hydrogens (tertiary/aromatic N) is 2. The number of likely N-dealkylation sites (tertiary alicyclic amines) is 1. The van der Waals surface area contributed by atoms with Gasteiger partial charge in [0.15, 0.2) is 6.04 Å². The number of amides is 3. The van der Waals surface area contributed by atoms with Crippen molar-refractivity contribution in [1.82, 2.24) is 15.1 Å². The smallest absolute Gasteiger partial charge is 0.411 e. The van der Waals surface area contributed by atoms with Crippen molar-refractivity contribution in [3.63, 3.8) is 0 Å². The quantitative estimate of drug-likeness (QED) is 0.516. The summed E-state index contributed by atoms with van der Waals surface area (Å²) in [5.41, 5.74) is -1.02. The number of aliphatic hydroxyl groups excluding tert-OH is 1. The second-order valence-electron chi connectivity index (χ2n) is 10.3. The van der Waals surface area contributed by atoms with E-state index in [9.17, 15) is 29.4 Å². The normalized spacial score (nSPS) is 21.4. The monoisotopic (exact) mass is 521 g/mol. The van der Waals surface area contributed by atoms with Gasteiger partial charge in [-0.05, 0) is 46.1 Å².